The standard InChI is InChI=1S/C12H15NO/c1-3-10-6-5-7-12(8-10)14-11(4-2)9-13/h5-8,11H,3-4H2,1-2H3. The van der Waals surface area contributed by atoms with Crippen LogP contribution in [0.5, 0.6) is 5.75 Å². The second kappa shape index (κ2) is 5.29. The second-order valence-corrected chi connectivity index (χ2v) is 3.14. The first-order valence-electron chi connectivity index (χ1n) is 4.95. The molecule has 0 aliphatic rings. The van der Waals surface area contributed by atoms with Crippen molar-refractivity contribution in [1.82, 2.24) is 0 Å². The van der Waals surface area contributed by atoms with Crippen LogP contribution in [0, 0.1) is 11.3 Å². The molecule has 14 heavy (non-hydrogen) atoms. The molecule has 0 aliphatic carbocycles. The predicted molar refractivity (Wildman–Crippen MR) is 56.1 cm³/mol. The number of nitrogens with zero attached hydrogens (tertiary/aromatic N) is 1. The molecule has 0 saturated heterocycles. The van der Waals surface area contributed by atoms with E-state index < -0.39 is 0 Å². The fraction of sp³-hybridized carbons (Fsp3) is 0.417. The van der Waals surface area contributed by atoms with Crippen molar-refractivity contribution in [3.63, 3.8) is 0 Å². The fourth-order valence-electron chi connectivity index (χ4n) is 1.20. The Morgan fingerprint density at radius 3 is 2.79 bits per heavy atom. The van der Waals surface area contributed by atoms with Crippen LogP contribution in [0.15, 0.2) is 24.3 Å². The third-order valence-corrected chi connectivity index (χ3v) is 2.10. The van der Waals surface area contributed by atoms with Crippen molar-refractivity contribution in [3.8, 4) is 11.8 Å². The molecule has 0 saturated carbocycles. The van der Waals surface area contributed by atoms with Crippen molar-refractivity contribution >= 4 is 0 Å². The van der Waals surface area contributed by atoms with Gasteiger partial charge in [-0.25, -0.2) is 0 Å². The highest BCUT2D eigenvalue weighted by atomic mass is 16.5. The molecule has 1 aromatic rings. The largest absolute Gasteiger partial charge is 0.476 e. The minimum atomic E-state index is -0.331. The van der Waals surface area contributed by atoms with E-state index in [9.17, 15) is 0 Å². The highest BCUT2D eigenvalue weighted by Crippen LogP contribution is 2.15. The van der Waals surface area contributed by atoms with E-state index in [1.807, 2.05) is 25.1 Å². The van der Waals surface area contributed by atoms with E-state index in [1.54, 1.807) is 0 Å². The summed E-state index contributed by atoms with van der Waals surface area (Å²) in [6.07, 6.45) is 1.37. The minimum Gasteiger partial charge on any atom is -0.476 e. The van der Waals surface area contributed by atoms with Gasteiger partial charge < -0.3 is 4.74 Å². The maximum absolute atomic E-state index is 8.74. The lowest BCUT2D eigenvalue weighted by molar-refractivity contribution is 0.251. The summed E-state index contributed by atoms with van der Waals surface area (Å²) in [4.78, 5) is 0. The molecule has 0 fully saturated rings. The molecule has 1 unspecified atom stereocenters. The zero-order valence-corrected chi connectivity index (χ0v) is 8.66. The van der Waals surface area contributed by atoms with E-state index in [4.69, 9.17) is 10.00 Å². The third-order valence-electron chi connectivity index (χ3n) is 2.10. The SMILES string of the molecule is CCc1cccc(OC(C#N)CC)c1. The number of hydrogen-bond acceptors (Lipinski definition) is 2. The van der Waals surface area contributed by atoms with Crippen molar-refractivity contribution in [2.24, 2.45) is 0 Å². The number of rotatable bonds is 4. The van der Waals surface area contributed by atoms with Crippen LogP contribution in [0.4, 0.5) is 0 Å². The van der Waals surface area contributed by atoms with Crippen molar-refractivity contribution < 1.29 is 4.74 Å². The molecule has 0 heterocycles. The summed E-state index contributed by atoms with van der Waals surface area (Å²) in [5, 5.41) is 8.74. The highest BCUT2D eigenvalue weighted by Gasteiger charge is 2.05. The molecule has 1 aromatic carbocycles. The Bertz CT molecular complexity index is 327. The summed E-state index contributed by atoms with van der Waals surface area (Å²) >= 11 is 0. The topological polar surface area (TPSA) is 33.0 Å². The Balaban J connectivity index is 2.71. The lowest BCUT2D eigenvalue weighted by atomic mass is 10.1. The molecule has 1 atom stereocenters. The minimum absolute atomic E-state index is 0.331. The normalized spacial score (nSPS) is 11.8. The van der Waals surface area contributed by atoms with E-state index in [1.165, 1.54) is 5.56 Å². The van der Waals surface area contributed by atoms with Crippen molar-refractivity contribution in [1.29, 1.82) is 5.26 Å². The van der Waals surface area contributed by atoms with Gasteiger partial charge in [0, 0.05) is 0 Å². The van der Waals surface area contributed by atoms with Gasteiger partial charge in [-0.1, -0.05) is 26.0 Å². The molecule has 0 radical (unpaired) electrons. The van der Waals surface area contributed by atoms with Gasteiger partial charge in [0.15, 0.2) is 6.10 Å². The Kier molecular flexibility index (Phi) is 4.00. The van der Waals surface area contributed by atoms with Gasteiger partial charge in [-0.3, -0.25) is 0 Å². The molecular weight excluding hydrogens is 174 g/mol. The van der Waals surface area contributed by atoms with E-state index in [0.717, 1.165) is 12.2 Å². The van der Waals surface area contributed by atoms with Gasteiger partial charge in [-0.2, -0.15) is 5.26 Å². The summed E-state index contributed by atoms with van der Waals surface area (Å²) in [6, 6.07) is 10.0. The first-order chi connectivity index (χ1) is 6.80. The van der Waals surface area contributed by atoms with Gasteiger partial charge in [0.25, 0.3) is 0 Å². The van der Waals surface area contributed by atoms with E-state index in [2.05, 4.69) is 19.1 Å². The lowest BCUT2D eigenvalue weighted by Crippen LogP contribution is -2.12. The van der Waals surface area contributed by atoms with Gasteiger partial charge in [0.2, 0.25) is 0 Å². The predicted octanol–water partition coefficient (Wildman–Crippen LogP) is 2.93. The Hall–Kier alpha value is -1.49. The smallest absolute Gasteiger partial charge is 0.184 e. The molecule has 0 aromatic heterocycles. The molecular formula is C12H15NO. The number of nitriles is 1. The van der Waals surface area contributed by atoms with Crippen LogP contribution in [0.3, 0.4) is 0 Å². The molecule has 0 spiro atoms. The highest BCUT2D eigenvalue weighted by molar-refractivity contribution is 5.29. The first-order valence-corrected chi connectivity index (χ1v) is 4.95. The molecule has 2 heteroatoms. The van der Waals surface area contributed by atoms with Crippen LogP contribution in [-0.2, 0) is 6.42 Å². The van der Waals surface area contributed by atoms with Crippen molar-refractivity contribution in [3.05, 3.63) is 29.8 Å². The Morgan fingerprint density at radius 2 is 2.21 bits per heavy atom. The molecule has 2 nitrogen and oxygen atoms in total. The van der Waals surface area contributed by atoms with Gasteiger partial charge in [0.1, 0.15) is 11.8 Å². The Labute approximate surface area is 85.1 Å². The van der Waals surface area contributed by atoms with E-state index in [0.29, 0.717) is 6.42 Å². The lowest BCUT2D eigenvalue weighted by Gasteiger charge is -2.10. The van der Waals surface area contributed by atoms with Crippen LogP contribution in [-0.4, -0.2) is 6.10 Å². The number of ether oxygens (including phenoxy) is 1. The summed E-state index contributed by atoms with van der Waals surface area (Å²) in [5.41, 5.74) is 1.23. The first kappa shape index (κ1) is 10.6. The zero-order chi connectivity index (χ0) is 10.4. The van der Waals surface area contributed by atoms with Gasteiger partial charge in [0.05, 0.1) is 0 Å². The van der Waals surface area contributed by atoms with Crippen molar-refractivity contribution in [2.45, 2.75) is 32.8 Å². The molecule has 74 valence electrons. The maximum Gasteiger partial charge on any atom is 0.184 e. The Morgan fingerprint density at radius 1 is 1.43 bits per heavy atom. The number of hydrogen-bond donors (Lipinski definition) is 0. The average Bonchev–Trinajstić information content (AvgIpc) is 2.26. The molecule has 0 amide bonds. The summed E-state index contributed by atoms with van der Waals surface area (Å²) in [6.45, 7) is 4.04. The van der Waals surface area contributed by atoms with Crippen molar-refractivity contribution in [2.75, 3.05) is 0 Å². The van der Waals surface area contributed by atoms with Crippen LogP contribution in [0.25, 0.3) is 0 Å². The summed E-state index contributed by atoms with van der Waals surface area (Å²) < 4.78 is 5.49. The molecule has 0 aliphatic heterocycles. The van der Waals surface area contributed by atoms with Crippen LogP contribution in [0.1, 0.15) is 25.8 Å². The van der Waals surface area contributed by atoms with E-state index >= 15 is 0 Å². The maximum atomic E-state index is 8.74. The van der Waals surface area contributed by atoms with Crippen LogP contribution < -0.4 is 4.74 Å². The second-order valence-electron chi connectivity index (χ2n) is 3.14. The van der Waals surface area contributed by atoms with Gasteiger partial charge in [-0.15, -0.1) is 0 Å². The zero-order valence-electron chi connectivity index (χ0n) is 8.66. The van der Waals surface area contributed by atoms with Gasteiger partial charge >= 0.3 is 0 Å². The molecule has 0 bridgehead atoms. The number of benzene rings is 1. The monoisotopic (exact) mass is 189 g/mol. The average molecular weight is 189 g/mol. The number of aryl methyl sites for hydroxylation is 1. The van der Waals surface area contributed by atoms with Gasteiger partial charge in [-0.05, 0) is 30.5 Å². The van der Waals surface area contributed by atoms with Crippen LogP contribution >= 0.6 is 0 Å². The summed E-state index contributed by atoms with van der Waals surface area (Å²) in [7, 11) is 0. The summed E-state index contributed by atoms with van der Waals surface area (Å²) in [5.74, 6) is 0.790. The van der Waals surface area contributed by atoms with E-state index in [-0.39, 0.29) is 6.10 Å². The fourth-order valence-corrected chi connectivity index (χ4v) is 1.20. The molecule has 1 rings (SSSR count). The van der Waals surface area contributed by atoms with Crippen LogP contribution in [0.2, 0.25) is 0 Å². The third kappa shape index (κ3) is 2.77. The molecule has 0 N–H and O–H groups in total. The quantitative estimate of drug-likeness (QED) is 0.729.